The molecule has 2 amide bonds. The molecule has 0 radical (unpaired) electrons. The van der Waals surface area contributed by atoms with Crippen LogP contribution in [-0.4, -0.2) is 66.7 Å². The summed E-state index contributed by atoms with van der Waals surface area (Å²) < 4.78 is 5.11. The Balaban J connectivity index is 1.64. The normalized spacial score (nSPS) is 24.0. The van der Waals surface area contributed by atoms with Gasteiger partial charge in [0.25, 0.3) is 0 Å². The molecule has 2 aliphatic heterocycles. The number of carbonyl (C=O) groups is 2. The quantitative estimate of drug-likeness (QED) is 0.881. The van der Waals surface area contributed by atoms with Crippen LogP contribution in [0.2, 0.25) is 0 Å². The second-order valence-electron chi connectivity index (χ2n) is 7.70. The number of nitrogens with one attached hydrogen (secondary N) is 1. The predicted molar refractivity (Wildman–Crippen MR) is 105 cm³/mol. The maximum absolute atomic E-state index is 11.9. The van der Waals surface area contributed by atoms with Crippen LogP contribution in [0.3, 0.4) is 0 Å². The van der Waals surface area contributed by atoms with Gasteiger partial charge in [-0.25, -0.2) is 4.79 Å². The monoisotopic (exact) mass is 373 g/mol. The van der Waals surface area contributed by atoms with Gasteiger partial charge < -0.3 is 15.0 Å². The van der Waals surface area contributed by atoms with E-state index >= 15 is 0 Å². The summed E-state index contributed by atoms with van der Waals surface area (Å²) in [6.45, 7) is 9.21. The molecular weight excluding hydrogens is 342 g/mol. The number of ether oxygens (including phenoxy) is 1. The lowest BCUT2D eigenvalue weighted by atomic mass is 9.93. The maximum atomic E-state index is 11.9. The molecule has 0 aliphatic carbocycles. The van der Waals surface area contributed by atoms with Crippen LogP contribution in [0.4, 0.5) is 4.79 Å². The van der Waals surface area contributed by atoms with Crippen LogP contribution in [0.25, 0.3) is 0 Å². The Morgan fingerprint density at radius 1 is 1.15 bits per heavy atom. The highest BCUT2D eigenvalue weighted by atomic mass is 16.6. The minimum Gasteiger partial charge on any atom is -0.450 e. The molecule has 0 saturated carbocycles. The molecule has 2 fully saturated rings. The molecule has 1 N–H and O–H groups in total. The first-order valence-electron chi connectivity index (χ1n) is 9.97. The zero-order valence-corrected chi connectivity index (χ0v) is 16.6. The number of piperidine rings is 1. The largest absolute Gasteiger partial charge is 0.450 e. The van der Waals surface area contributed by atoms with E-state index in [1.165, 1.54) is 11.1 Å². The lowest BCUT2D eigenvalue weighted by molar-refractivity contribution is -0.119. The van der Waals surface area contributed by atoms with E-state index in [1.807, 2.05) is 6.92 Å². The first kappa shape index (κ1) is 19.7. The molecule has 1 aromatic rings. The first-order chi connectivity index (χ1) is 13.0. The van der Waals surface area contributed by atoms with E-state index in [2.05, 4.69) is 41.4 Å². The predicted octanol–water partition coefficient (Wildman–Crippen LogP) is 2.52. The molecule has 3 rings (SSSR count). The molecule has 1 aromatic carbocycles. The Morgan fingerprint density at radius 3 is 2.41 bits per heavy atom. The molecule has 2 saturated heterocycles. The molecule has 6 heteroatoms. The van der Waals surface area contributed by atoms with Gasteiger partial charge in [-0.3, -0.25) is 9.69 Å². The Hall–Kier alpha value is -2.08. The van der Waals surface area contributed by atoms with E-state index in [9.17, 15) is 9.59 Å². The summed E-state index contributed by atoms with van der Waals surface area (Å²) in [6.07, 6.45) is 1.70. The minimum atomic E-state index is -0.203. The van der Waals surface area contributed by atoms with Crippen LogP contribution in [0.5, 0.6) is 0 Å². The van der Waals surface area contributed by atoms with Crippen LogP contribution in [-0.2, 0) is 9.53 Å². The van der Waals surface area contributed by atoms with Gasteiger partial charge in [-0.2, -0.15) is 0 Å². The number of rotatable bonds is 4. The Kier molecular flexibility index (Phi) is 6.37. The lowest BCUT2D eigenvalue weighted by Crippen LogP contribution is -2.47. The molecule has 0 bridgehead atoms. The van der Waals surface area contributed by atoms with Gasteiger partial charge in [0.2, 0.25) is 5.91 Å². The van der Waals surface area contributed by atoms with Crippen LogP contribution in [0.15, 0.2) is 24.3 Å². The van der Waals surface area contributed by atoms with Crippen molar-refractivity contribution in [3.8, 4) is 0 Å². The Morgan fingerprint density at radius 2 is 1.81 bits per heavy atom. The van der Waals surface area contributed by atoms with E-state index in [-0.39, 0.29) is 18.0 Å². The van der Waals surface area contributed by atoms with Crippen LogP contribution >= 0.6 is 0 Å². The summed E-state index contributed by atoms with van der Waals surface area (Å²) in [4.78, 5) is 27.9. The molecule has 27 heavy (non-hydrogen) atoms. The molecule has 6 nitrogen and oxygen atoms in total. The number of aryl methyl sites for hydroxylation is 1. The number of amides is 2. The number of hydrogen-bond acceptors (Lipinski definition) is 4. The molecule has 0 unspecified atom stereocenters. The van der Waals surface area contributed by atoms with E-state index in [1.54, 1.807) is 11.8 Å². The third-order valence-corrected chi connectivity index (χ3v) is 5.75. The third kappa shape index (κ3) is 4.80. The van der Waals surface area contributed by atoms with Crippen molar-refractivity contribution in [1.29, 1.82) is 0 Å². The third-order valence-electron chi connectivity index (χ3n) is 5.75. The average Bonchev–Trinajstić information content (AvgIpc) is 3.06. The highest BCUT2D eigenvalue weighted by Crippen LogP contribution is 2.31. The van der Waals surface area contributed by atoms with Crippen molar-refractivity contribution in [2.45, 2.75) is 51.6 Å². The van der Waals surface area contributed by atoms with Crippen molar-refractivity contribution < 1.29 is 14.3 Å². The van der Waals surface area contributed by atoms with Crippen molar-refractivity contribution >= 4 is 12.0 Å². The van der Waals surface area contributed by atoms with Crippen LogP contribution < -0.4 is 5.32 Å². The molecule has 2 heterocycles. The number of likely N-dealkylation sites (tertiary alicyclic amines) is 2. The van der Waals surface area contributed by atoms with E-state index < -0.39 is 0 Å². The molecule has 2 atom stereocenters. The van der Waals surface area contributed by atoms with Gasteiger partial charge in [0.05, 0.1) is 6.61 Å². The van der Waals surface area contributed by atoms with Gasteiger partial charge in [-0.15, -0.1) is 0 Å². The van der Waals surface area contributed by atoms with Crippen LogP contribution in [0, 0.1) is 6.92 Å². The summed E-state index contributed by atoms with van der Waals surface area (Å²) in [5, 5.41) is 3.15. The Bertz CT molecular complexity index is 653. The number of benzene rings is 1. The highest BCUT2D eigenvalue weighted by molar-refractivity contribution is 5.73. The second kappa shape index (κ2) is 8.74. The maximum Gasteiger partial charge on any atom is 0.409 e. The lowest BCUT2D eigenvalue weighted by Gasteiger charge is -2.36. The van der Waals surface area contributed by atoms with Gasteiger partial charge >= 0.3 is 6.09 Å². The zero-order valence-electron chi connectivity index (χ0n) is 16.6. The van der Waals surface area contributed by atoms with Crippen molar-refractivity contribution in [2.24, 2.45) is 0 Å². The van der Waals surface area contributed by atoms with Crippen molar-refractivity contribution in [3.63, 3.8) is 0 Å². The number of nitrogens with zero attached hydrogens (tertiary/aromatic N) is 2. The van der Waals surface area contributed by atoms with Gasteiger partial charge in [0, 0.05) is 51.1 Å². The summed E-state index contributed by atoms with van der Waals surface area (Å²) in [5.41, 5.74) is 2.53. The first-order valence-corrected chi connectivity index (χ1v) is 9.97. The molecule has 0 spiro atoms. The summed E-state index contributed by atoms with van der Waals surface area (Å²) in [6, 6.07) is 9.22. The smallest absolute Gasteiger partial charge is 0.409 e. The van der Waals surface area contributed by atoms with Gasteiger partial charge in [-0.1, -0.05) is 29.8 Å². The van der Waals surface area contributed by atoms with Gasteiger partial charge in [0.1, 0.15) is 0 Å². The summed E-state index contributed by atoms with van der Waals surface area (Å²) >= 11 is 0. The highest BCUT2D eigenvalue weighted by Gasteiger charge is 2.38. The summed E-state index contributed by atoms with van der Waals surface area (Å²) in [5.74, 6) is 0.327. The number of hydrogen-bond donors (Lipinski definition) is 1. The van der Waals surface area contributed by atoms with Crippen LogP contribution in [0.1, 0.15) is 43.7 Å². The van der Waals surface area contributed by atoms with Crippen molar-refractivity contribution in [3.05, 3.63) is 35.4 Å². The average molecular weight is 373 g/mol. The van der Waals surface area contributed by atoms with E-state index in [0.717, 1.165) is 39.0 Å². The van der Waals surface area contributed by atoms with Crippen molar-refractivity contribution in [1.82, 2.24) is 15.1 Å². The van der Waals surface area contributed by atoms with Gasteiger partial charge in [0.15, 0.2) is 0 Å². The fraction of sp³-hybridized carbons (Fsp3) is 0.619. The fourth-order valence-corrected chi connectivity index (χ4v) is 4.32. The Labute approximate surface area is 161 Å². The topological polar surface area (TPSA) is 61.9 Å². The molecule has 148 valence electrons. The molecule has 0 aromatic heterocycles. The number of carbonyl (C=O) groups excluding carboxylic acids is 2. The van der Waals surface area contributed by atoms with Crippen molar-refractivity contribution in [2.75, 3.05) is 32.8 Å². The second-order valence-corrected chi connectivity index (χ2v) is 7.70. The minimum absolute atomic E-state index is 0.0242. The SMILES string of the molecule is CCOC(=O)N1CCC(N2C[C@H](NC(C)=O)[C@@H](c3ccc(C)cc3)C2)CC1. The summed E-state index contributed by atoms with van der Waals surface area (Å²) in [7, 11) is 0. The fourth-order valence-electron chi connectivity index (χ4n) is 4.32. The van der Waals surface area contributed by atoms with E-state index in [0.29, 0.717) is 18.6 Å². The standard InChI is InChI=1S/C21H31N3O3/c1-4-27-21(26)23-11-9-18(10-12-23)24-13-19(20(14-24)22-16(3)25)17-7-5-15(2)6-8-17/h5-8,18-20H,4,9-14H2,1-3H3,(H,22,25)/t19-,20+/m1/s1. The van der Waals surface area contributed by atoms with E-state index in [4.69, 9.17) is 4.74 Å². The molecular formula is C21H31N3O3. The zero-order chi connectivity index (χ0) is 19.4. The molecule has 2 aliphatic rings. The van der Waals surface area contributed by atoms with Gasteiger partial charge in [-0.05, 0) is 32.3 Å².